The smallest absolute Gasteiger partial charge is 0.434 e. The van der Waals surface area contributed by atoms with Gasteiger partial charge in [0.1, 0.15) is 17.2 Å². The number of para-hydroxylation sites is 2. The Bertz CT molecular complexity index is 2440. The molecule has 0 unspecified atom stereocenters. The van der Waals surface area contributed by atoms with Crippen molar-refractivity contribution in [3.8, 4) is 56.3 Å². The zero-order chi connectivity index (χ0) is 30.2. The molecule has 3 nitrogen and oxygen atoms in total. The van der Waals surface area contributed by atoms with Gasteiger partial charge in [-0.25, -0.2) is 0 Å². The van der Waals surface area contributed by atoms with E-state index in [1.165, 1.54) is 38.5 Å². The standard InChI is InChI=1S/C42H26BNO2/c1-2-10-27(11-3-1)28-12-8-13-29(24-28)30-20-22-39-35(25-30)34-16-9-19-41-42(34)43(46-39)36-26-31(21-23-40(36)45-41)44-37-17-6-4-14-32(37)33-15-5-7-18-38(33)44/h1-26H. The highest BCUT2D eigenvalue weighted by atomic mass is 16.5. The average Bonchev–Trinajstić information content (AvgIpc) is 3.46. The predicted molar refractivity (Wildman–Crippen MR) is 189 cm³/mol. The first-order chi connectivity index (χ1) is 22.8. The summed E-state index contributed by atoms with van der Waals surface area (Å²) in [7, 11) is 0. The lowest BCUT2D eigenvalue weighted by Gasteiger charge is -2.33. The molecule has 0 aliphatic carbocycles. The number of aromatic nitrogens is 1. The van der Waals surface area contributed by atoms with Crippen molar-refractivity contribution in [2.45, 2.75) is 0 Å². The number of ether oxygens (including phenoxy) is 1. The molecule has 0 fully saturated rings. The summed E-state index contributed by atoms with van der Waals surface area (Å²) in [5.41, 5.74) is 12.5. The third-order valence-corrected chi connectivity index (χ3v) is 9.48. The quantitative estimate of drug-likeness (QED) is 0.192. The molecule has 1 aromatic heterocycles. The van der Waals surface area contributed by atoms with Crippen LogP contribution < -0.4 is 20.3 Å². The average molecular weight is 587 g/mol. The van der Waals surface area contributed by atoms with Crippen molar-refractivity contribution >= 4 is 39.6 Å². The molecule has 0 radical (unpaired) electrons. The maximum absolute atomic E-state index is 6.91. The first-order valence-corrected chi connectivity index (χ1v) is 15.7. The fourth-order valence-electron chi connectivity index (χ4n) is 7.37. The van der Waals surface area contributed by atoms with Crippen LogP contribution >= 0.6 is 0 Å². The molecule has 46 heavy (non-hydrogen) atoms. The highest BCUT2D eigenvalue weighted by molar-refractivity contribution is 6.84. The van der Waals surface area contributed by atoms with Crippen molar-refractivity contribution in [3.63, 3.8) is 0 Å². The van der Waals surface area contributed by atoms with E-state index in [9.17, 15) is 0 Å². The fraction of sp³-hybridized carbons (Fsp3) is 0. The molecule has 3 heterocycles. The van der Waals surface area contributed by atoms with Crippen LogP contribution in [0.4, 0.5) is 0 Å². The largest absolute Gasteiger partial charge is 0.551 e. The van der Waals surface area contributed by atoms with Crippen molar-refractivity contribution < 1.29 is 9.39 Å². The lowest BCUT2D eigenvalue weighted by Crippen LogP contribution is -2.53. The molecule has 0 atom stereocenters. The minimum absolute atomic E-state index is 0.275. The van der Waals surface area contributed by atoms with Crippen LogP contribution in [0.2, 0.25) is 0 Å². The SMILES string of the molecule is c1ccc(-c2cccc(-c3ccc4c(c3)-c3cccc5c3B(O4)c3cc(-n4c6ccccc6c6ccccc64)ccc3O5)c2)cc1. The van der Waals surface area contributed by atoms with E-state index in [0.717, 1.165) is 50.6 Å². The molecule has 7 aromatic carbocycles. The lowest BCUT2D eigenvalue weighted by molar-refractivity contribution is 0.479. The maximum Gasteiger partial charge on any atom is 0.434 e. The van der Waals surface area contributed by atoms with Gasteiger partial charge in [-0.2, -0.15) is 0 Å². The van der Waals surface area contributed by atoms with E-state index in [4.69, 9.17) is 9.39 Å². The number of fused-ring (bicyclic) bond motifs is 7. The van der Waals surface area contributed by atoms with Crippen molar-refractivity contribution in [2.75, 3.05) is 0 Å². The van der Waals surface area contributed by atoms with E-state index < -0.39 is 0 Å². The summed E-state index contributed by atoms with van der Waals surface area (Å²) < 4.78 is 15.8. The summed E-state index contributed by atoms with van der Waals surface area (Å²) in [4.78, 5) is 0. The molecular weight excluding hydrogens is 561 g/mol. The maximum atomic E-state index is 6.91. The van der Waals surface area contributed by atoms with Crippen molar-refractivity contribution in [3.05, 3.63) is 158 Å². The Kier molecular flexibility index (Phi) is 5.37. The minimum Gasteiger partial charge on any atom is -0.551 e. The van der Waals surface area contributed by atoms with Crippen LogP contribution in [0.5, 0.6) is 17.2 Å². The van der Waals surface area contributed by atoms with Crippen LogP contribution in [0.15, 0.2) is 158 Å². The van der Waals surface area contributed by atoms with Crippen molar-refractivity contribution in [2.24, 2.45) is 0 Å². The predicted octanol–water partition coefficient (Wildman–Crippen LogP) is 9.39. The van der Waals surface area contributed by atoms with Gasteiger partial charge in [-0.3, -0.25) is 0 Å². The zero-order valence-corrected chi connectivity index (χ0v) is 24.9. The van der Waals surface area contributed by atoms with Crippen LogP contribution in [0, 0.1) is 0 Å². The molecule has 2 aliphatic rings. The van der Waals surface area contributed by atoms with E-state index in [1.807, 2.05) is 0 Å². The third-order valence-electron chi connectivity index (χ3n) is 9.48. The second-order valence-electron chi connectivity index (χ2n) is 12.1. The summed E-state index contributed by atoms with van der Waals surface area (Å²) in [5.74, 6) is 2.56. The van der Waals surface area contributed by atoms with E-state index in [1.54, 1.807) is 0 Å². The molecule has 10 rings (SSSR count). The number of hydrogen-bond donors (Lipinski definition) is 0. The van der Waals surface area contributed by atoms with Crippen LogP contribution in [0.25, 0.3) is 60.9 Å². The summed E-state index contributed by atoms with van der Waals surface area (Å²) in [6, 6.07) is 55.9. The van der Waals surface area contributed by atoms with Gasteiger partial charge >= 0.3 is 6.92 Å². The van der Waals surface area contributed by atoms with Gasteiger partial charge in [-0.15, -0.1) is 0 Å². The molecular formula is C42H26BNO2. The van der Waals surface area contributed by atoms with Crippen LogP contribution in [0.3, 0.4) is 0 Å². The van der Waals surface area contributed by atoms with Gasteiger partial charge in [0.15, 0.2) is 0 Å². The third kappa shape index (κ3) is 3.74. The fourth-order valence-corrected chi connectivity index (χ4v) is 7.37. The van der Waals surface area contributed by atoms with E-state index in [-0.39, 0.29) is 6.92 Å². The number of rotatable bonds is 3. The number of hydrogen-bond acceptors (Lipinski definition) is 2. The molecule has 0 saturated carbocycles. The Labute approximate surface area is 267 Å². The van der Waals surface area contributed by atoms with Gasteiger partial charge in [0.05, 0.1) is 11.0 Å². The van der Waals surface area contributed by atoms with Gasteiger partial charge < -0.3 is 14.0 Å². The molecule has 0 spiro atoms. The number of benzene rings is 7. The molecule has 0 bridgehead atoms. The molecule has 214 valence electrons. The number of nitrogens with zero attached hydrogens (tertiary/aromatic N) is 1. The van der Waals surface area contributed by atoms with Gasteiger partial charge in [-0.1, -0.05) is 103 Å². The van der Waals surface area contributed by atoms with Gasteiger partial charge in [0.25, 0.3) is 0 Å². The van der Waals surface area contributed by atoms with Crippen molar-refractivity contribution in [1.29, 1.82) is 0 Å². The van der Waals surface area contributed by atoms with Gasteiger partial charge in [0, 0.05) is 32.9 Å². The minimum atomic E-state index is -0.275. The Hall–Kier alpha value is -6.00. The lowest BCUT2D eigenvalue weighted by atomic mass is 9.51. The Morgan fingerprint density at radius 1 is 0.435 bits per heavy atom. The molecule has 0 N–H and O–H groups in total. The second-order valence-corrected chi connectivity index (χ2v) is 12.1. The summed E-state index contributed by atoms with van der Waals surface area (Å²) in [5, 5.41) is 2.49. The van der Waals surface area contributed by atoms with E-state index in [2.05, 4.69) is 162 Å². The topological polar surface area (TPSA) is 23.4 Å². The first kappa shape index (κ1) is 25.3. The normalized spacial score (nSPS) is 12.7. The Morgan fingerprint density at radius 2 is 1.09 bits per heavy atom. The van der Waals surface area contributed by atoms with Crippen LogP contribution in [-0.4, -0.2) is 11.5 Å². The summed E-state index contributed by atoms with van der Waals surface area (Å²) >= 11 is 0. The monoisotopic (exact) mass is 587 g/mol. The Balaban J connectivity index is 1.09. The van der Waals surface area contributed by atoms with Crippen LogP contribution in [-0.2, 0) is 0 Å². The Morgan fingerprint density at radius 3 is 1.89 bits per heavy atom. The molecule has 8 aromatic rings. The first-order valence-electron chi connectivity index (χ1n) is 15.7. The molecule has 0 amide bonds. The second kappa shape index (κ2) is 9.75. The van der Waals surface area contributed by atoms with Crippen LogP contribution in [0.1, 0.15) is 0 Å². The molecule has 0 saturated heterocycles. The van der Waals surface area contributed by atoms with Gasteiger partial charge in [0.2, 0.25) is 0 Å². The van der Waals surface area contributed by atoms with Crippen molar-refractivity contribution in [1.82, 2.24) is 4.57 Å². The van der Waals surface area contributed by atoms with E-state index in [0.29, 0.717) is 0 Å². The molecule has 2 aliphatic heterocycles. The summed E-state index contributed by atoms with van der Waals surface area (Å²) in [6.45, 7) is -0.275. The van der Waals surface area contributed by atoms with Gasteiger partial charge in [-0.05, 0) is 82.4 Å². The molecule has 4 heteroatoms. The highest BCUT2D eigenvalue weighted by Crippen LogP contribution is 2.42. The summed E-state index contributed by atoms with van der Waals surface area (Å²) in [6.07, 6.45) is 0. The highest BCUT2D eigenvalue weighted by Gasteiger charge is 2.41. The van der Waals surface area contributed by atoms with E-state index >= 15 is 0 Å². The zero-order valence-electron chi connectivity index (χ0n) is 24.9.